The maximum Gasteiger partial charge on any atom is 0.340 e. The summed E-state index contributed by atoms with van der Waals surface area (Å²) < 4.78 is 33.5. The summed E-state index contributed by atoms with van der Waals surface area (Å²) in [7, 11) is -2.66. The SMILES string of the molecule is COC(=O)c1c(S(=O)(=O)NCCc2ccccc2)sc2c1CCN(C(=O)C(C)C)C2. The summed E-state index contributed by atoms with van der Waals surface area (Å²) in [6.07, 6.45) is 0.962. The van der Waals surface area contributed by atoms with Crippen molar-refractivity contribution in [1.82, 2.24) is 9.62 Å². The fourth-order valence-corrected chi connectivity index (χ4v) is 6.44. The standard InChI is InChI=1S/C21H26N2O5S2/c1-14(2)19(24)23-12-10-16-17(13-23)29-21(18(16)20(25)28-3)30(26,27)22-11-9-15-7-5-4-6-8-15/h4-8,14,22H,9-13H2,1-3H3. The third-order valence-corrected chi connectivity index (χ3v) is 8.21. The molecule has 3 rings (SSSR count). The van der Waals surface area contributed by atoms with Gasteiger partial charge in [-0.1, -0.05) is 44.2 Å². The topological polar surface area (TPSA) is 92.8 Å². The molecular weight excluding hydrogens is 424 g/mol. The Morgan fingerprint density at radius 3 is 2.57 bits per heavy atom. The summed E-state index contributed by atoms with van der Waals surface area (Å²) in [6, 6.07) is 9.56. The molecular formula is C21H26N2O5S2. The Balaban J connectivity index is 1.86. The van der Waals surface area contributed by atoms with Gasteiger partial charge >= 0.3 is 5.97 Å². The molecule has 0 saturated carbocycles. The lowest BCUT2D eigenvalue weighted by atomic mass is 10.0. The number of benzene rings is 1. The summed E-state index contributed by atoms with van der Waals surface area (Å²) in [5.74, 6) is -0.798. The van der Waals surface area contributed by atoms with E-state index in [-0.39, 0.29) is 28.1 Å². The second kappa shape index (κ2) is 9.28. The molecule has 7 nitrogen and oxygen atoms in total. The van der Waals surface area contributed by atoms with Crippen LogP contribution in [0.5, 0.6) is 0 Å². The first-order chi connectivity index (χ1) is 14.2. The minimum atomic E-state index is -3.90. The molecule has 0 fully saturated rings. The number of hydrogen-bond acceptors (Lipinski definition) is 6. The van der Waals surface area contributed by atoms with Crippen LogP contribution in [0.2, 0.25) is 0 Å². The minimum absolute atomic E-state index is 0.0130. The molecule has 0 unspecified atom stereocenters. The molecule has 1 aromatic carbocycles. The number of rotatable bonds is 7. The molecule has 162 valence electrons. The maximum atomic E-state index is 13.0. The van der Waals surface area contributed by atoms with E-state index >= 15 is 0 Å². The number of amides is 1. The van der Waals surface area contributed by atoms with Crippen LogP contribution in [0.3, 0.4) is 0 Å². The van der Waals surface area contributed by atoms with Gasteiger partial charge < -0.3 is 9.64 Å². The lowest BCUT2D eigenvalue weighted by Gasteiger charge is -2.28. The zero-order valence-corrected chi connectivity index (χ0v) is 18.9. The van der Waals surface area contributed by atoms with E-state index in [0.717, 1.165) is 21.8 Å². The number of sulfonamides is 1. The summed E-state index contributed by atoms with van der Waals surface area (Å²) in [4.78, 5) is 27.2. The molecule has 0 saturated heterocycles. The highest BCUT2D eigenvalue weighted by Crippen LogP contribution is 2.36. The van der Waals surface area contributed by atoms with E-state index in [1.807, 2.05) is 44.2 Å². The Labute approximate surface area is 181 Å². The molecule has 0 aliphatic carbocycles. The van der Waals surface area contributed by atoms with Crippen molar-refractivity contribution < 1.29 is 22.7 Å². The highest BCUT2D eigenvalue weighted by molar-refractivity contribution is 7.91. The van der Waals surface area contributed by atoms with E-state index in [9.17, 15) is 18.0 Å². The lowest BCUT2D eigenvalue weighted by Crippen LogP contribution is -2.38. The fraction of sp³-hybridized carbons (Fsp3) is 0.429. The number of nitrogens with one attached hydrogen (secondary N) is 1. The molecule has 1 aliphatic rings. The van der Waals surface area contributed by atoms with Crippen LogP contribution < -0.4 is 4.72 Å². The van der Waals surface area contributed by atoms with E-state index in [4.69, 9.17) is 4.74 Å². The van der Waals surface area contributed by atoms with Gasteiger partial charge in [-0.15, -0.1) is 11.3 Å². The van der Waals surface area contributed by atoms with Gasteiger partial charge in [0.25, 0.3) is 10.0 Å². The fourth-order valence-electron chi connectivity index (χ4n) is 3.47. The Hall–Kier alpha value is -2.23. The number of nitrogens with zero attached hydrogens (tertiary/aromatic N) is 1. The predicted molar refractivity (Wildman–Crippen MR) is 115 cm³/mol. The molecule has 9 heteroatoms. The highest BCUT2D eigenvalue weighted by atomic mass is 32.2. The van der Waals surface area contributed by atoms with Crippen molar-refractivity contribution in [3.63, 3.8) is 0 Å². The zero-order chi connectivity index (χ0) is 21.9. The van der Waals surface area contributed by atoms with Crippen molar-refractivity contribution in [3.8, 4) is 0 Å². The van der Waals surface area contributed by atoms with Crippen LogP contribution in [0.25, 0.3) is 0 Å². The Morgan fingerprint density at radius 1 is 1.23 bits per heavy atom. The van der Waals surface area contributed by atoms with Gasteiger partial charge in [0.2, 0.25) is 5.91 Å². The Kier molecular flexibility index (Phi) is 6.95. The first-order valence-corrected chi connectivity index (χ1v) is 12.1. The number of ether oxygens (including phenoxy) is 1. The third kappa shape index (κ3) is 4.74. The van der Waals surface area contributed by atoms with Crippen LogP contribution in [-0.4, -0.2) is 45.4 Å². The van der Waals surface area contributed by atoms with E-state index in [0.29, 0.717) is 31.5 Å². The number of carbonyl (C=O) groups excluding carboxylic acids is 2. The van der Waals surface area contributed by atoms with E-state index < -0.39 is 16.0 Å². The van der Waals surface area contributed by atoms with Crippen molar-refractivity contribution in [2.45, 2.75) is 37.4 Å². The van der Waals surface area contributed by atoms with E-state index in [1.54, 1.807) is 4.90 Å². The van der Waals surface area contributed by atoms with Crippen LogP contribution in [0, 0.1) is 5.92 Å². The van der Waals surface area contributed by atoms with Crippen molar-refractivity contribution in [1.29, 1.82) is 0 Å². The number of esters is 1. The monoisotopic (exact) mass is 450 g/mol. The lowest BCUT2D eigenvalue weighted by molar-refractivity contribution is -0.135. The number of fused-ring (bicyclic) bond motifs is 1. The van der Waals surface area contributed by atoms with Gasteiger partial charge in [0, 0.05) is 23.9 Å². The first kappa shape index (κ1) is 22.5. The average Bonchev–Trinajstić information content (AvgIpc) is 3.13. The summed E-state index contributed by atoms with van der Waals surface area (Å²) in [5.41, 5.74) is 1.78. The third-order valence-electron chi connectivity index (χ3n) is 5.01. The van der Waals surface area contributed by atoms with Crippen LogP contribution in [0.1, 0.15) is 40.2 Å². The molecule has 1 amide bonds. The number of carbonyl (C=O) groups is 2. The van der Waals surface area contributed by atoms with Gasteiger partial charge in [0.1, 0.15) is 4.21 Å². The quantitative estimate of drug-likeness (QED) is 0.655. The molecule has 1 aromatic heterocycles. The van der Waals surface area contributed by atoms with Crippen LogP contribution in [0.15, 0.2) is 34.5 Å². The van der Waals surface area contributed by atoms with E-state index in [1.165, 1.54) is 7.11 Å². The van der Waals surface area contributed by atoms with Crippen molar-refractivity contribution in [2.75, 3.05) is 20.2 Å². The average molecular weight is 451 g/mol. The summed E-state index contributed by atoms with van der Waals surface area (Å²) in [5, 5.41) is 0. The largest absolute Gasteiger partial charge is 0.465 e. The Morgan fingerprint density at radius 2 is 1.93 bits per heavy atom. The van der Waals surface area contributed by atoms with Gasteiger partial charge in [0.05, 0.1) is 19.2 Å². The second-order valence-electron chi connectivity index (χ2n) is 7.46. The van der Waals surface area contributed by atoms with Gasteiger partial charge in [-0.3, -0.25) is 4.79 Å². The molecule has 0 radical (unpaired) electrons. The molecule has 1 N–H and O–H groups in total. The molecule has 30 heavy (non-hydrogen) atoms. The van der Waals surface area contributed by atoms with Crippen LogP contribution in [0.4, 0.5) is 0 Å². The van der Waals surface area contributed by atoms with Crippen molar-refractivity contribution >= 4 is 33.2 Å². The molecule has 2 aromatic rings. The van der Waals surface area contributed by atoms with Gasteiger partial charge in [-0.05, 0) is 24.0 Å². The van der Waals surface area contributed by atoms with Crippen molar-refractivity contribution in [3.05, 3.63) is 51.9 Å². The molecule has 1 aliphatic heterocycles. The van der Waals surface area contributed by atoms with Crippen LogP contribution >= 0.6 is 11.3 Å². The summed E-state index contributed by atoms with van der Waals surface area (Å²) >= 11 is 1.05. The van der Waals surface area contributed by atoms with E-state index in [2.05, 4.69) is 4.72 Å². The molecule has 0 atom stereocenters. The number of hydrogen-bond donors (Lipinski definition) is 1. The smallest absolute Gasteiger partial charge is 0.340 e. The number of methoxy groups -OCH3 is 1. The Bertz CT molecular complexity index is 1030. The van der Waals surface area contributed by atoms with Crippen LogP contribution in [-0.2, 0) is 38.9 Å². The number of thiophene rings is 1. The first-order valence-electron chi connectivity index (χ1n) is 9.79. The maximum absolute atomic E-state index is 13.0. The normalized spacial score (nSPS) is 13.9. The second-order valence-corrected chi connectivity index (χ2v) is 10.5. The molecule has 2 heterocycles. The molecule has 0 bridgehead atoms. The van der Waals surface area contributed by atoms with Gasteiger partial charge in [0.15, 0.2) is 0 Å². The van der Waals surface area contributed by atoms with Gasteiger partial charge in [-0.2, -0.15) is 0 Å². The van der Waals surface area contributed by atoms with Crippen molar-refractivity contribution in [2.24, 2.45) is 5.92 Å². The predicted octanol–water partition coefficient (Wildman–Crippen LogP) is 2.60. The highest BCUT2D eigenvalue weighted by Gasteiger charge is 2.35. The molecule has 0 spiro atoms. The zero-order valence-electron chi connectivity index (χ0n) is 17.3. The summed E-state index contributed by atoms with van der Waals surface area (Å²) in [6.45, 7) is 4.64. The van der Waals surface area contributed by atoms with Gasteiger partial charge in [-0.25, -0.2) is 17.9 Å². The minimum Gasteiger partial charge on any atom is -0.465 e.